The number of hydrogen-bond donors (Lipinski definition) is 1. The second kappa shape index (κ2) is 2.84. The molecule has 0 amide bonds. The van der Waals surface area contributed by atoms with Crippen LogP contribution in [-0.4, -0.2) is 6.29 Å². The van der Waals surface area contributed by atoms with E-state index in [9.17, 15) is 4.79 Å². The number of benzene rings is 1. The Morgan fingerprint density at radius 2 is 1.82 bits per heavy atom. The van der Waals surface area contributed by atoms with E-state index in [0.717, 1.165) is 28.7 Å². The van der Waals surface area contributed by atoms with Crippen molar-refractivity contribution in [1.29, 1.82) is 0 Å². The Labute approximate surface area is 66.0 Å². The second-order valence-electron chi connectivity index (χ2n) is 2.71. The Morgan fingerprint density at radius 1 is 1.27 bits per heavy atom. The molecule has 11 heavy (non-hydrogen) atoms. The first-order valence-corrected chi connectivity index (χ1v) is 3.54. The molecule has 1 aromatic rings. The summed E-state index contributed by atoms with van der Waals surface area (Å²) in [5, 5.41) is 0. The minimum atomic E-state index is 0.727. The van der Waals surface area contributed by atoms with Crippen molar-refractivity contribution in [3.05, 3.63) is 28.8 Å². The van der Waals surface area contributed by atoms with Gasteiger partial charge < -0.3 is 5.73 Å². The zero-order valence-electron chi connectivity index (χ0n) is 6.85. The smallest absolute Gasteiger partial charge is 0.156 e. The van der Waals surface area contributed by atoms with Crippen molar-refractivity contribution >= 4 is 12.0 Å². The van der Waals surface area contributed by atoms with E-state index in [1.807, 2.05) is 26.0 Å². The van der Waals surface area contributed by atoms with Crippen LogP contribution in [0, 0.1) is 13.8 Å². The molecule has 0 aliphatic carbocycles. The molecule has 1 rings (SSSR count). The summed E-state index contributed by atoms with van der Waals surface area (Å²) in [6.07, 6.45) is 0.866. The van der Waals surface area contributed by atoms with E-state index in [1.54, 1.807) is 0 Å². The van der Waals surface area contributed by atoms with Crippen LogP contribution >= 0.6 is 0 Å². The molecule has 3 N–H and O–H groups in total. The van der Waals surface area contributed by atoms with Crippen molar-refractivity contribution in [3.63, 3.8) is 0 Å². The maximum absolute atomic E-state index is 10.6. The van der Waals surface area contributed by atoms with Crippen molar-refractivity contribution in [2.45, 2.75) is 13.8 Å². The molecule has 0 aliphatic rings. The Balaban J connectivity index is 3.40. The van der Waals surface area contributed by atoms with Crippen LogP contribution in [0.2, 0.25) is 0 Å². The van der Waals surface area contributed by atoms with E-state index in [4.69, 9.17) is 0 Å². The van der Waals surface area contributed by atoms with Crippen LogP contribution in [-0.2, 0) is 0 Å². The number of aryl methyl sites for hydroxylation is 2. The third kappa shape index (κ3) is 1.30. The lowest BCUT2D eigenvalue weighted by Crippen LogP contribution is -2.42. The Bertz CT molecular complexity index is 292. The van der Waals surface area contributed by atoms with Gasteiger partial charge in [0.1, 0.15) is 5.69 Å². The van der Waals surface area contributed by atoms with E-state index in [-0.39, 0.29) is 0 Å². The largest absolute Gasteiger partial charge is 0.324 e. The lowest BCUT2D eigenvalue weighted by molar-refractivity contribution is -0.255. The van der Waals surface area contributed by atoms with Gasteiger partial charge in [-0.1, -0.05) is 12.1 Å². The molecule has 0 aliphatic heterocycles. The minimum absolute atomic E-state index is 0.727. The van der Waals surface area contributed by atoms with Crippen LogP contribution in [0.25, 0.3) is 0 Å². The highest BCUT2D eigenvalue weighted by atomic mass is 16.1. The van der Waals surface area contributed by atoms with Gasteiger partial charge in [-0.05, 0) is 19.4 Å². The number of carbonyl (C=O) groups is 1. The molecule has 0 unspecified atom stereocenters. The van der Waals surface area contributed by atoms with Gasteiger partial charge in [0, 0.05) is 5.56 Å². The average Bonchev–Trinajstić information content (AvgIpc) is 1.99. The van der Waals surface area contributed by atoms with Gasteiger partial charge in [0.2, 0.25) is 0 Å². The van der Waals surface area contributed by atoms with Gasteiger partial charge in [-0.2, -0.15) is 0 Å². The van der Waals surface area contributed by atoms with Gasteiger partial charge in [0.15, 0.2) is 6.29 Å². The lowest BCUT2D eigenvalue weighted by atomic mass is 10.0. The van der Waals surface area contributed by atoms with Crippen LogP contribution in [0.15, 0.2) is 12.1 Å². The van der Waals surface area contributed by atoms with E-state index in [2.05, 4.69) is 5.73 Å². The van der Waals surface area contributed by atoms with Crippen molar-refractivity contribution in [1.82, 2.24) is 0 Å². The SMILES string of the molecule is Cc1ccc(C)c(C=O)c1[NH3+]. The quantitative estimate of drug-likeness (QED) is 0.596. The maximum Gasteiger partial charge on any atom is 0.156 e. The van der Waals surface area contributed by atoms with Crippen molar-refractivity contribution in [2.24, 2.45) is 0 Å². The van der Waals surface area contributed by atoms with Gasteiger partial charge in [0.25, 0.3) is 0 Å². The van der Waals surface area contributed by atoms with Gasteiger partial charge >= 0.3 is 0 Å². The summed E-state index contributed by atoms with van der Waals surface area (Å²) < 4.78 is 0. The molecule has 0 saturated heterocycles. The predicted octanol–water partition coefficient (Wildman–Crippen LogP) is 0.989. The Hall–Kier alpha value is -1.15. The standard InChI is InChI=1S/C9H11NO/c1-6-3-4-7(2)9(10)8(6)5-11/h3-5H,10H2,1-2H3/p+1. The Kier molecular flexibility index (Phi) is 2.06. The maximum atomic E-state index is 10.6. The van der Waals surface area contributed by atoms with Gasteiger partial charge in [-0.3, -0.25) is 4.79 Å². The van der Waals surface area contributed by atoms with Gasteiger partial charge in [-0.25, -0.2) is 0 Å². The van der Waals surface area contributed by atoms with Crippen LogP contribution in [0.3, 0.4) is 0 Å². The van der Waals surface area contributed by atoms with Crippen molar-refractivity contribution in [2.75, 3.05) is 0 Å². The first-order chi connectivity index (χ1) is 5.16. The van der Waals surface area contributed by atoms with Gasteiger partial charge in [0.05, 0.1) is 5.56 Å². The highest BCUT2D eigenvalue weighted by Crippen LogP contribution is 2.16. The number of hydrogen-bond acceptors (Lipinski definition) is 1. The number of aldehydes is 1. The summed E-state index contributed by atoms with van der Waals surface area (Å²) in [6.45, 7) is 3.87. The van der Waals surface area contributed by atoms with Crippen LogP contribution in [0.5, 0.6) is 0 Å². The molecule has 0 radical (unpaired) electrons. The number of rotatable bonds is 1. The number of quaternary nitrogens is 1. The predicted molar refractivity (Wildman–Crippen MR) is 43.9 cm³/mol. The molecule has 0 heterocycles. The molecule has 1 aromatic carbocycles. The van der Waals surface area contributed by atoms with E-state index < -0.39 is 0 Å². The molecule has 2 heteroatoms. The Morgan fingerprint density at radius 3 is 2.27 bits per heavy atom. The summed E-state index contributed by atoms with van der Waals surface area (Å²) >= 11 is 0. The molecule has 0 atom stereocenters. The summed E-state index contributed by atoms with van der Waals surface area (Å²) in [6, 6.07) is 3.92. The fraction of sp³-hybridized carbons (Fsp3) is 0.222. The molecular formula is C9H12NO+. The van der Waals surface area contributed by atoms with Crippen LogP contribution in [0.1, 0.15) is 21.5 Å². The first-order valence-electron chi connectivity index (χ1n) is 3.54. The molecule has 2 nitrogen and oxygen atoms in total. The zero-order valence-corrected chi connectivity index (χ0v) is 6.85. The third-order valence-corrected chi connectivity index (χ3v) is 1.93. The first kappa shape index (κ1) is 7.95. The normalized spacial score (nSPS) is 9.73. The monoisotopic (exact) mass is 150 g/mol. The van der Waals surface area contributed by atoms with E-state index in [0.29, 0.717) is 0 Å². The summed E-state index contributed by atoms with van der Waals surface area (Å²) in [5.41, 5.74) is 7.46. The molecule has 0 spiro atoms. The van der Waals surface area contributed by atoms with E-state index >= 15 is 0 Å². The molecule has 58 valence electrons. The molecular weight excluding hydrogens is 138 g/mol. The highest BCUT2D eigenvalue weighted by Gasteiger charge is 2.06. The lowest BCUT2D eigenvalue weighted by Gasteiger charge is -2.01. The summed E-state index contributed by atoms with van der Waals surface area (Å²) in [5.74, 6) is 0. The second-order valence-corrected chi connectivity index (χ2v) is 2.71. The molecule has 0 saturated carbocycles. The minimum Gasteiger partial charge on any atom is -0.324 e. The molecule has 0 aromatic heterocycles. The third-order valence-electron chi connectivity index (χ3n) is 1.93. The summed E-state index contributed by atoms with van der Waals surface area (Å²) in [7, 11) is 0. The molecule has 0 fully saturated rings. The number of carbonyl (C=O) groups excluding carboxylic acids is 1. The summed E-state index contributed by atoms with van der Waals surface area (Å²) in [4.78, 5) is 10.6. The van der Waals surface area contributed by atoms with Crippen molar-refractivity contribution in [3.8, 4) is 0 Å². The highest BCUT2D eigenvalue weighted by molar-refractivity contribution is 5.84. The fourth-order valence-electron chi connectivity index (χ4n) is 1.05. The topological polar surface area (TPSA) is 44.7 Å². The van der Waals surface area contributed by atoms with Crippen LogP contribution in [0.4, 0.5) is 5.69 Å². The average molecular weight is 150 g/mol. The molecule has 0 bridgehead atoms. The zero-order chi connectivity index (χ0) is 8.43. The van der Waals surface area contributed by atoms with E-state index in [1.165, 1.54) is 0 Å². The van der Waals surface area contributed by atoms with Crippen molar-refractivity contribution < 1.29 is 10.5 Å². The van der Waals surface area contributed by atoms with Gasteiger partial charge in [-0.15, -0.1) is 0 Å². The van der Waals surface area contributed by atoms with Crippen LogP contribution < -0.4 is 5.73 Å². The fourth-order valence-corrected chi connectivity index (χ4v) is 1.05.